The van der Waals surface area contributed by atoms with Crippen molar-refractivity contribution in [2.45, 2.75) is 71.4 Å². The van der Waals surface area contributed by atoms with Crippen LogP contribution in [0.3, 0.4) is 0 Å². The molecule has 0 aliphatic carbocycles. The molecule has 0 spiro atoms. The van der Waals surface area contributed by atoms with Gasteiger partial charge in [0.25, 0.3) is 5.91 Å². The Morgan fingerprint density at radius 2 is 1.60 bits per heavy atom. The van der Waals surface area contributed by atoms with Crippen molar-refractivity contribution >= 4 is 40.6 Å². The molecule has 1 fully saturated rings. The Bertz CT molecular complexity index is 2270. The van der Waals surface area contributed by atoms with Gasteiger partial charge in [0.15, 0.2) is 0 Å². The lowest BCUT2D eigenvalue weighted by Crippen LogP contribution is -2.44. The molecule has 6 rings (SSSR count). The minimum atomic E-state index is -0.572. The number of hydrogen-bond acceptors (Lipinski definition) is 9. The molecule has 1 aromatic heterocycles. The molecule has 1 N–H and O–H groups in total. The predicted octanol–water partition coefficient (Wildman–Crippen LogP) is 7.20. The number of anilines is 1. The van der Waals surface area contributed by atoms with Crippen LogP contribution in [0.15, 0.2) is 97.1 Å². The van der Waals surface area contributed by atoms with Crippen LogP contribution in [0.4, 0.5) is 10.5 Å². The molecule has 0 bridgehead atoms. The lowest BCUT2D eigenvalue weighted by molar-refractivity contribution is -0.122. The fourth-order valence-electron chi connectivity index (χ4n) is 6.63. The molecule has 5 aromatic rings. The predicted molar refractivity (Wildman–Crippen MR) is 214 cm³/mol. The summed E-state index contributed by atoms with van der Waals surface area (Å²) in [7, 11) is 1.29. The Morgan fingerprint density at radius 1 is 0.930 bits per heavy atom. The summed E-state index contributed by atoms with van der Waals surface area (Å²) in [5.41, 5.74) is 3.06. The van der Waals surface area contributed by atoms with E-state index in [1.807, 2.05) is 58.0 Å². The number of piperidine rings is 1. The van der Waals surface area contributed by atoms with E-state index in [-0.39, 0.29) is 43.1 Å². The molecule has 1 saturated heterocycles. The molecule has 57 heavy (non-hydrogen) atoms. The second-order valence-electron chi connectivity index (χ2n) is 14.9. The molecule has 13 heteroatoms. The van der Waals surface area contributed by atoms with Crippen LogP contribution >= 0.6 is 0 Å². The van der Waals surface area contributed by atoms with Crippen molar-refractivity contribution < 1.29 is 33.4 Å². The van der Waals surface area contributed by atoms with E-state index < -0.39 is 11.6 Å². The van der Waals surface area contributed by atoms with Crippen LogP contribution in [0.5, 0.6) is 5.75 Å². The molecule has 3 amide bonds. The van der Waals surface area contributed by atoms with E-state index in [0.29, 0.717) is 70.9 Å². The number of fused-ring (bicyclic) bond motifs is 1. The van der Waals surface area contributed by atoms with Crippen LogP contribution in [0.25, 0.3) is 11.0 Å². The smallest absolute Gasteiger partial charge is 0.410 e. The van der Waals surface area contributed by atoms with Gasteiger partial charge >= 0.3 is 12.1 Å². The second-order valence-corrected chi connectivity index (χ2v) is 14.9. The minimum Gasteiger partial charge on any atom is -0.490 e. The number of nitrogens with zero attached hydrogens (tertiary/aromatic N) is 5. The average molecular weight is 771 g/mol. The van der Waals surface area contributed by atoms with Gasteiger partial charge < -0.3 is 33.9 Å². The van der Waals surface area contributed by atoms with E-state index in [4.69, 9.17) is 19.2 Å². The number of esters is 1. The zero-order chi connectivity index (χ0) is 40.7. The number of likely N-dealkylation sites (tertiary alicyclic amines) is 1. The highest BCUT2D eigenvalue weighted by atomic mass is 16.6. The highest BCUT2D eigenvalue weighted by Crippen LogP contribution is 2.28. The van der Waals surface area contributed by atoms with Crippen molar-refractivity contribution in [2.75, 3.05) is 25.1 Å². The summed E-state index contributed by atoms with van der Waals surface area (Å²) < 4.78 is 18.4. The second kappa shape index (κ2) is 17.4. The van der Waals surface area contributed by atoms with Crippen molar-refractivity contribution in [1.29, 1.82) is 5.26 Å². The summed E-state index contributed by atoms with van der Waals surface area (Å²) in [6.07, 6.45) is 0.814. The van der Waals surface area contributed by atoms with Gasteiger partial charge in [-0.05, 0) is 100.0 Å². The number of imidazole rings is 1. The van der Waals surface area contributed by atoms with E-state index in [2.05, 4.69) is 11.4 Å². The first-order chi connectivity index (χ1) is 27.3. The van der Waals surface area contributed by atoms with Gasteiger partial charge in [0, 0.05) is 37.2 Å². The van der Waals surface area contributed by atoms with Crippen LogP contribution in [-0.4, -0.2) is 70.2 Å². The zero-order valence-electron chi connectivity index (χ0n) is 32.7. The molecule has 0 radical (unpaired) electrons. The standard InChI is InChI=1S/C44H46N6O7/c1-29(31-9-7-6-8-10-31)46-40(51)28-50-38-20-11-30(26-45)25-37(38)47-39(50)27-49(41(52)32-12-14-33(15-13-32)42(53)55-5)34-16-18-35(19-17-34)56-36-21-23-48(24-22-36)43(54)57-44(2,3)4/h6-20,25,29,36H,21-24,27-28H2,1-5H3,(H,46,51)/t29-/m0/s1. The van der Waals surface area contributed by atoms with E-state index in [0.717, 1.165) is 5.56 Å². The molecule has 0 unspecified atom stereocenters. The Morgan fingerprint density at radius 3 is 2.23 bits per heavy atom. The topological polar surface area (TPSA) is 156 Å². The number of rotatable bonds is 11. The summed E-state index contributed by atoms with van der Waals surface area (Å²) in [6, 6.07) is 29.9. The molecular formula is C44H46N6O7. The van der Waals surface area contributed by atoms with Crippen molar-refractivity contribution in [2.24, 2.45) is 0 Å². The maximum atomic E-state index is 14.4. The summed E-state index contributed by atoms with van der Waals surface area (Å²) in [6.45, 7) is 8.32. The Hall–Kier alpha value is -6.68. The first-order valence-electron chi connectivity index (χ1n) is 18.8. The summed E-state index contributed by atoms with van der Waals surface area (Å²) >= 11 is 0. The van der Waals surface area contributed by atoms with E-state index in [9.17, 15) is 24.4 Å². The molecule has 294 valence electrons. The maximum absolute atomic E-state index is 14.4. The molecule has 2 heterocycles. The number of carbonyl (C=O) groups is 4. The third kappa shape index (κ3) is 9.96. The quantitative estimate of drug-likeness (QED) is 0.137. The third-order valence-corrected chi connectivity index (χ3v) is 9.58. The zero-order valence-corrected chi connectivity index (χ0v) is 32.7. The SMILES string of the molecule is COC(=O)c1ccc(C(=O)N(Cc2nc3cc(C#N)ccc3n2CC(=O)N[C@@H](C)c2ccccc2)c2ccc(OC3CCN(C(=O)OC(C)(C)C)CC3)cc2)cc1. The molecule has 1 aliphatic rings. The molecule has 1 aliphatic heterocycles. The fourth-order valence-corrected chi connectivity index (χ4v) is 6.63. The number of hydrogen-bond donors (Lipinski definition) is 1. The van der Waals surface area contributed by atoms with Gasteiger partial charge in [-0.1, -0.05) is 30.3 Å². The largest absolute Gasteiger partial charge is 0.490 e. The molecule has 1 atom stereocenters. The van der Waals surface area contributed by atoms with E-state index >= 15 is 0 Å². The van der Waals surface area contributed by atoms with Gasteiger partial charge in [0.1, 0.15) is 29.8 Å². The molecule has 4 aromatic carbocycles. The lowest BCUT2D eigenvalue weighted by atomic mass is 10.1. The van der Waals surface area contributed by atoms with Gasteiger partial charge in [-0.3, -0.25) is 9.59 Å². The molecular weight excluding hydrogens is 725 g/mol. The highest BCUT2D eigenvalue weighted by Gasteiger charge is 2.28. The van der Waals surface area contributed by atoms with Crippen LogP contribution < -0.4 is 15.0 Å². The third-order valence-electron chi connectivity index (χ3n) is 9.58. The Kier molecular flexibility index (Phi) is 12.2. The molecule has 13 nitrogen and oxygen atoms in total. The van der Waals surface area contributed by atoms with Gasteiger partial charge in [0.2, 0.25) is 5.91 Å². The number of ether oxygens (including phenoxy) is 3. The van der Waals surface area contributed by atoms with Crippen molar-refractivity contribution in [3.05, 3.63) is 125 Å². The average Bonchev–Trinajstić information content (AvgIpc) is 3.54. The van der Waals surface area contributed by atoms with E-state index in [1.54, 1.807) is 69.0 Å². The minimum absolute atomic E-state index is 0.0427. The van der Waals surface area contributed by atoms with E-state index in [1.165, 1.54) is 19.2 Å². The first-order valence-corrected chi connectivity index (χ1v) is 18.8. The van der Waals surface area contributed by atoms with Gasteiger partial charge in [-0.2, -0.15) is 5.26 Å². The highest BCUT2D eigenvalue weighted by molar-refractivity contribution is 6.06. The fraction of sp³-hybridized carbons (Fsp3) is 0.318. The van der Waals surface area contributed by atoms with Gasteiger partial charge in [0.05, 0.1) is 47.9 Å². The molecule has 0 saturated carbocycles. The number of aromatic nitrogens is 2. The number of methoxy groups -OCH3 is 1. The normalized spacial score (nSPS) is 13.6. The monoisotopic (exact) mass is 770 g/mol. The summed E-state index contributed by atoms with van der Waals surface area (Å²) in [5.74, 6) is -0.148. The van der Waals surface area contributed by atoms with Crippen molar-refractivity contribution in [3.63, 3.8) is 0 Å². The summed E-state index contributed by atoms with van der Waals surface area (Å²) in [4.78, 5) is 60.8. The first kappa shape index (κ1) is 40.0. The number of nitriles is 1. The lowest BCUT2D eigenvalue weighted by Gasteiger charge is -2.33. The van der Waals surface area contributed by atoms with Crippen molar-refractivity contribution in [1.82, 2.24) is 19.8 Å². The van der Waals surface area contributed by atoms with Crippen molar-refractivity contribution in [3.8, 4) is 11.8 Å². The summed E-state index contributed by atoms with van der Waals surface area (Å²) in [5, 5.41) is 12.7. The van der Waals surface area contributed by atoms with Crippen LogP contribution in [0.2, 0.25) is 0 Å². The number of nitrogens with one attached hydrogen (secondary N) is 1. The van der Waals surface area contributed by atoms with Crippen LogP contribution in [-0.2, 0) is 27.4 Å². The van der Waals surface area contributed by atoms with Crippen LogP contribution in [0, 0.1) is 11.3 Å². The van der Waals surface area contributed by atoms with Crippen LogP contribution in [0.1, 0.15) is 84.2 Å². The van der Waals surface area contributed by atoms with Gasteiger partial charge in [-0.25, -0.2) is 14.6 Å². The Labute approximate surface area is 331 Å². The number of amides is 3. The van der Waals surface area contributed by atoms with Gasteiger partial charge in [-0.15, -0.1) is 0 Å². The number of carbonyl (C=O) groups excluding carboxylic acids is 4. The number of benzene rings is 4. The Balaban J connectivity index is 1.27. The maximum Gasteiger partial charge on any atom is 0.410 e.